The van der Waals surface area contributed by atoms with Crippen LogP contribution in [0.5, 0.6) is 5.75 Å². The lowest BCUT2D eigenvalue weighted by molar-refractivity contribution is -0.172. The molecule has 0 aliphatic carbocycles. The highest BCUT2D eigenvalue weighted by Crippen LogP contribution is 2.39. The molecule has 3 aromatic carbocycles. The third-order valence-electron chi connectivity index (χ3n) is 5.90. The SMILES string of the molecule is COc1ccc(C(C)(c2ccccc2)c2ccc(C(=O)ON3C(=O)CCC3=O)cc2)cc1. The van der Waals surface area contributed by atoms with Crippen LogP contribution in [0.25, 0.3) is 0 Å². The minimum absolute atomic E-state index is 0.0579. The van der Waals surface area contributed by atoms with Crippen molar-refractivity contribution in [3.8, 4) is 5.75 Å². The van der Waals surface area contributed by atoms with Gasteiger partial charge >= 0.3 is 5.97 Å². The summed E-state index contributed by atoms with van der Waals surface area (Å²) in [5, 5.41) is 0.557. The highest BCUT2D eigenvalue weighted by molar-refractivity contribution is 6.02. The number of benzene rings is 3. The van der Waals surface area contributed by atoms with Crippen LogP contribution in [0, 0.1) is 0 Å². The normalized spacial score (nSPS) is 15.4. The molecular formula is C26H23NO5. The second-order valence-electron chi connectivity index (χ2n) is 7.76. The van der Waals surface area contributed by atoms with Gasteiger partial charge in [-0.2, -0.15) is 0 Å². The van der Waals surface area contributed by atoms with Gasteiger partial charge in [-0.25, -0.2) is 4.79 Å². The molecule has 0 radical (unpaired) electrons. The first kappa shape index (κ1) is 21.3. The number of imide groups is 1. The van der Waals surface area contributed by atoms with Crippen LogP contribution in [0.1, 0.15) is 46.8 Å². The molecule has 6 heteroatoms. The van der Waals surface area contributed by atoms with Gasteiger partial charge in [0.2, 0.25) is 0 Å². The first-order valence-electron chi connectivity index (χ1n) is 10.3. The Morgan fingerprint density at radius 1 is 0.781 bits per heavy atom. The Hall–Kier alpha value is -3.93. The molecule has 4 rings (SSSR count). The number of rotatable bonds is 6. The summed E-state index contributed by atoms with van der Waals surface area (Å²) in [5.41, 5.74) is 2.89. The number of nitrogens with zero attached hydrogens (tertiary/aromatic N) is 1. The Labute approximate surface area is 186 Å². The Balaban J connectivity index is 1.67. The van der Waals surface area contributed by atoms with Gasteiger partial charge in [-0.1, -0.05) is 54.6 Å². The summed E-state index contributed by atoms with van der Waals surface area (Å²) in [6.45, 7) is 2.12. The van der Waals surface area contributed by atoms with Gasteiger partial charge in [0.25, 0.3) is 11.8 Å². The number of carbonyl (C=O) groups excluding carboxylic acids is 3. The fraction of sp³-hybridized carbons (Fsp3) is 0.192. The molecule has 3 aromatic rings. The van der Waals surface area contributed by atoms with E-state index in [1.165, 1.54) is 0 Å². The van der Waals surface area contributed by atoms with Gasteiger partial charge in [-0.15, -0.1) is 5.06 Å². The second kappa shape index (κ2) is 8.67. The molecule has 1 aliphatic rings. The Morgan fingerprint density at radius 2 is 1.28 bits per heavy atom. The lowest BCUT2D eigenvalue weighted by Crippen LogP contribution is -2.32. The van der Waals surface area contributed by atoms with Gasteiger partial charge in [0, 0.05) is 18.3 Å². The molecule has 6 nitrogen and oxygen atoms in total. The standard InChI is InChI=1S/C26H23NO5/c1-26(19-6-4-3-5-7-19,21-12-14-22(31-2)15-13-21)20-10-8-18(9-11-20)25(30)32-27-23(28)16-17-24(27)29/h3-15H,16-17H2,1-2H3. The molecule has 0 aromatic heterocycles. The largest absolute Gasteiger partial charge is 0.497 e. The van der Waals surface area contributed by atoms with E-state index in [0.717, 1.165) is 22.4 Å². The third kappa shape index (κ3) is 3.87. The van der Waals surface area contributed by atoms with Crippen molar-refractivity contribution in [3.05, 3.63) is 101 Å². The van der Waals surface area contributed by atoms with Gasteiger partial charge in [-0.3, -0.25) is 9.59 Å². The summed E-state index contributed by atoms with van der Waals surface area (Å²) < 4.78 is 5.30. The summed E-state index contributed by atoms with van der Waals surface area (Å²) in [6, 6.07) is 25.0. The number of hydroxylamine groups is 2. The van der Waals surface area contributed by atoms with E-state index in [1.807, 2.05) is 54.6 Å². The van der Waals surface area contributed by atoms with Crippen LogP contribution in [0.15, 0.2) is 78.9 Å². The molecule has 0 saturated carbocycles. The van der Waals surface area contributed by atoms with Crippen LogP contribution < -0.4 is 4.74 Å². The predicted molar refractivity (Wildman–Crippen MR) is 118 cm³/mol. The molecule has 1 heterocycles. The number of ether oxygens (including phenoxy) is 1. The maximum atomic E-state index is 12.5. The molecule has 0 bridgehead atoms. The van der Waals surface area contributed by atoms with Crippen molar-refractivity contribution in [2.75, 3.05) is 7.11 Å². The van der Waals surface area contributed by atoms with E-state index < -0.39 is 23.2 Å². The van der Waals surface area contributed by atoms with Gasteiger partial charge < -0.3 is 9.57 Å². The van der Waals surface area contributed by atoms with Gasteiger partial charge in [0.15, 0.2) is 0 Å². The maximum absolute atomic E-state index is 12.5. The Bertz CT molecular complexity index is 1120. The van der Waals surface area contributed by atoms with Crippen LogP contribution >= 0.6 is 0 Å². The lowest BCUT2D eigenvalue weighted by Gasteiger charge is -2.32. The molecule has 2 amide bonds. The number of carbonyl (C=O) groups is 3. The molecule has 1 atom stereocenters. The van der Waals surface area contributed by atoms with Crippen molar-refractivity contribution < 1.29 is 24.0 Å². The maximum Gasteiger partial charge on any atom is 0.363 e. The summed E-state index contributed by atoms with van der Waals surface area (Å²) in [4.78, 5) is 40.9. The zero-order valence-electron chi connectivity index (χ0n) is 17.9. The minimum atomic E-state index is -0.744. The Morgan fingerprint density at radius 3 is 1.81 bits per heavy atom. The van der Waals surface area contributed by atoms with E-state index in [0.29, 0.717) is 5.06 Å². The van der Waals surface area contributed by atoms with Crippen molar-refractivity contribution in [3.63, 3.8) is 0 Å². The summed E-state index contributed by atoms with van der Waals surface area (Å²) in [6.07, 6.45) is 0.116. The summed E-state index contributed by atoms with van der Waals surface area (Å²) >= 11 is 0. The van der Waals surface area contributed by atoms with Crippen LogP contribution in [-0.4, -0.2) is 30.0 Å². The van der Waals surface area contributed by atoms with Crippen molar-refractivity contribution >= 4 is 17.8 Å². The van der Waals surface area contributed by atoms with Crippen LogP contribution in [0.3, 0.4) is 0 Å². The van der Waals surface area contributed by atoms with Crippen molar-refractivity contribution in [1.29, 1.82) is 0 Å². The summed E-state index contributed by atoms with van der Waals surface area (Å²) in [5.74, 6) is -0.980. The topological polar surface area (TPSA) is 72.9 Å². The molecule has 162 valence electrons. The van der Waals surface area contributed by atoms with E-state index in [4.69, 9.17) is 9.57 Å². The monoisotopic (exact) mass is 429 g/mol. The van der Waals surface area contributed by atoms with Gasteiger partial charge in [0.1, 0.15) is 5.75 Å². The fourth-order valence-electron chi connectivity index (χ4n) is 3.93. The van der Waals surface area contributed by atoms with Crippen LogP contribution in [0.4, 0.5) is 0 Å². The number of hydrogen-bond donors (Lipinski definition) is 0. The van der Waals surface area contributed by atoms with Crippen molar-refractivity contribution in [2.24, 2.45) is 0 Å². The fourth-order valence-corrected chi connectivity index (χ4v) is 3.93. The molecular weight excluding hydrogens is 406 g/mol. The molecule has 1 aliphatic heterocycles. The van der Waals surface area contributed by atoms with Crippen molar-refractivity contribution in [2.45, 2.75) is 25.2 Å². The molecule has 0 spiro atoms. The first-order chi connectivity index (χ1) is 15.4. The van der Waals surface area contributed by atoms with Crippen LogP contribution in [-0.2, 0) is 19.8 Å². The van der Waals surface area contributed by atoms with E-state index in [9.17, 15) is 14.4 Å². The molecule has 32 heavy (non-hydrogen) atoms. The third-order valence-corrected chi connectivity index (χ3v) is 5.90. The minimum Gasteiger partial charge on any atom is -0.497 e. The predicted octanol–water partition coefficient (Wildman–Crippen LogP) is 4.27. The lowest BCUT2D eigenvalue weighted by atomic mass is 9.71. The smallest absolute Gasteiger partial charge is 0.363 e. The van der Waals surface area contributed by atoms with E-state index in [-0.39, 0.29) is 18.4 Å². The molecule has 1 saturated heterocycles. The molecule has 1 fully saturated rings. The zero-order valence-corrected chi connectivity index (χ0v) is 17.9. The van der Waals surface area contributed by atoms with E-state index in [1.54, 1.807) is 19.2 Å². The van der Waals surface area contributed by atoms with Gasteiger partial charge in [-0.05, 0) is 47.9 Å². The van der Waals surface area contributed by atoms with Gasteiger partial charge in [0.05, 0.1) is 12.7 Å². The van der Waals surface area contributed by atoms with E-state index >= 15 is 0 Å². The number of methoxy groups -OCH3 is 1. The Kier molecular flexibility index (Phi) is 5.77. The first-order valence-corrected chi connectivity index (χ1v) is 10.3. The molecule has 0 N–H and O–H groups in total. The number of amides is 2. The highest BCUT2D eigenvalue weighted by atomic mass is 16.7. The molecule has 1 unspecified atom stereocenters. The number of hydrogen-bond acceptors (Lipinski definition) is 5. The average Bonchev–Trinajstić information content (AvgIpc) is 3.16. The quantitative estimate of drug-likeness (QED) is 0.432. The average molecular weight is 429 g/mol. The zero-order chi connectivity index (χ0) is 22.7. The second-order valence-corrected chi connectivity index (χ2v) is 7.76. The van der Waals surface area contributed by atoms with E-state index in [2.05, 4.69) is 19.1 Å². The highest BCUT2D eigenvalue weighted by Gasteiger charge is 2.34. The van der Waals surface area contributed by atoms with Crippen molar-refractivity contribution in [1.82, 2.24) is 5.06 Å². The van der Waals surface area contributed by atoms with Crippen LogP contribution in [0.2, 0.25) is 0 Å². The summed E-state index contributed by atoms with van der Waals surface area (Å²) in [7, 11) is 1.63.